The third-order valence-corrected chi connectivity index (χ3v) is 4.27. The number of nitrogens with zero attached hydrogens (tertiary/aromatic N) is 3. The van der Waals surface area contributed by atoms with E-state index in [2.05, 4.69) is 26.4 Å². The molecule has 0 bridgehead atoms. The third-order valence-electron chi connectivity index (χ3n) is 4.27. The number of aromatic nitrogens is 2. The smallest absolute Gasteiger partial charge is 0.251 e. The molecular formula is C18H24N4O2. The van der Waals surface area contributed by atoms with Crippen molar-refractivity contribution in [2.24, 2.45) is 0 Å². The first-order valence-electron chi connectivity index (χ1n) is 8.59. The largest absolute Gasteiger partial charge is 0.345 e. The van der Waals surface area contributed by atoms with Crippen molar-refractivity contribution in [2.45, 2.75) is 45.7 Å². The summed E-state index contributed by atoms with van der Waals surface area (Å²) in [6.07, 6.45) is 5.19. The predicted octanol–water partition coefficient (Wildman–Crippen LogP) is 2.68. The van der Waals surface area contributed by atoms with Gasteiger partial charge in [0.05, 0.1) is 6.54 Å². The third kappa shape index (κ3) is 4.64. The summed E-state index contributed by atoms with van der Waals surface area (Å²) in [5.74, 6) is 0.871. The second kappa shape index (κ2) is 8.06. The Hall–Kier alpha value is -2.21. The van der Waals surface area contributed by atoms with Gasteiger partial charge in [-0.2, -0.15) is 4.98 Å². The van der Waals surface area contributed by atoms with Crippen LogP contribution in [0.3, 0.4) is 0 Å². The van der Waals surface area contributed by atoms with Gasteiger partial charge in [-0.3, -0.25) is 9.69 Å². The summed E-state index contributed by atoms with van der Waals surface area (Å²) in [6, 6.07) is 7.84. The van der Waals surface area contributed by atoms with Crippen molar-refractivity contribution in [3.8, 4) is 0 Å². The number of benzene rings is 1. The van der Waals surface area contributed by atoms with Crippen LogP contribution in [-0.2, 0) is 13.1 Å². The van der Waals surface area contributed by atoms with E-state index in [4.69, 9.17) is 4.52 Å². The van der Waals surface area contributed by atoms with Gasteiger partial charge in [0.25, 0.3) is 5.91 Å². The van der Waals surface area contributed by atoms with Crippen LogP contribution in [0.1, 0.15) is 53.3 Å². The first-order valence-corrected chi connectivity index (χ1v) is 8.59. The van der Waals surface area contributed by atoms with Crippen LogP contribution in [0, 0.1) is 6.92 Å². The van der Waals surface area contributed by atoms with E-state index in [0.717, 1.165) is 19.6 Å². The highest BCUT2D eigenvalue weighted by Gasteiger charge is 2.12. The molecule has 1 N–H and O–H groups in total. The normalized spacial score (nSPS) is 15.9. The summed E-state index contributed by atoms with van der Waals surface area (Å²) < 4.78 is 4.90. The highest BCUT2D eigenvalue weighted by Crippen LogP contribution is 2.14. The van der Waals surface area contributed by atoms with Crippen molar-refractivity contribution < 1.29 is 9.32 Å². The van der Waals surface area contributed by atoms with E-state index in [1.54, 1.807) is 6.92 Å². The zero-order valence-electron chi connectivity index (χ0n) is 14.1. The molecule has 1 fully saturated rings. The molecule has 2 aromatic rings. The van der Waals surface area contributed by atoms with Gasteiger partial charge in [0.15, 0.2) is 5.82 Å². The second-order valence-electron chi connectivity index (χ2n) is 6.30. The molecule has 1 amide bonds. The molecule has 6 heteroatoms. The van der Waals surface area contributed by atoms with Crippen LogP contribution in [0.2, 0.25) is 0 Å². The maximum Gasteiger partial charge on any atom is 0.251 e. The van der Waals surface area contributed by atoms with Crippen LogP contribution in [0.5, 0.6) is 0 Å². The monoisotopic (exact) mass is 328 g/mol. The summed E-state index contributed by atoms with van der Waals surface area (Å²) in [5, 5.41) is 6.61. The Morgan fingerprint density at radius 1 is 1.25 bits per heavy atom. The van der Waals surface area contributed by atoms with Crippen LogP contribution in [-0.4, -0.2) is 34.0 Å². The molecule has 6 nitrogen and oxygen atoms in total. The zero-order valence-corrected chi connectivity index (χ0v) is 14.1. The number of carbonyl (C=O) groups excluding carboxylic acids is 1. The van der Waals surface area contributed by atoms with Gasteiger partial charge in [0.2, 0.25) is 5.89 Å². The Morgan fingerprint density at radius 3 is 2.75 bits per heavy atom. The Labute approximate surface area is 142 Å². The highest BCUT2D eigenvalue weighted by atomic mass is 16.5. The van der Waals surface area contributed by atoms with E-state index < -0.39 is 0 Å². The number of hydrogen-bond donors (Lipinski definition) is 1. The zero-order chi connectivity index (χ0) is 16.8. The van der Waals surface area contributed by atoms with Gasteiger partial charge in [-0.15, -0.1) is 0 Å². The molecule has 0 unspecified atom stereocenters. The van der Waals surface area contributed by atoms with Crippen molar-refractivity contribution in [3.05, 3.63) is 47.1 Å². The summed E-state index contributed by atoms with van der Waals surface area (Å²) in [7, 11) is 0. The number of hydrogen-bond acceptors (Lipinski definition) is 5. The van der Waals surface area contributed by atoms with Crippen molar-refractivity contribution in [1.29, 1.82) is 0 Å². The number of aryl methyl sites for hydroxylation is 1. The van der Waals surface area contributed by atoms with E-state index in [1.165, 1.54) is 31.2 Å². The van der Waals surface area contributed by atoms with E-state index >= 15 is 0 Å². The lowest BCUT2D eigenvalue weighted by atomic mass is 10.1. The maximum atomic E-state index is 12.3. The van der Waals surface area contributed by atoms with Gasteiger partial charge in [-0.05, 0) is 43.6 Å². The molecule has 2 heterocycles. The quantitative estimate of drug-likeness (QED) is 0.914. The minimum absolute atomic E-state index is 0.116. The van der Waals surface area contributed by atoms with E-state index in [9.17, 15) is 4.79 Å². The molecule has 128 valence electrons. The molecule has 1 aromatic carbocycles. The first-order chi connectivity index (χ1) is 11.7. The number of amides is 1. The predicted molar refractivity (Wildman–Crippen MR) is 90.4 cm³/mol. The fraction of sp³-hybridized carbons (Fsp3) is 0.500. The fourth-order valence-electron chi connectivity index (χ4n) is 3.04. The molecule has 24 heavy (non-hydrogen) atoms. The Morgan fingerprint density at radius 2 is 2.04 bits per heavy atom. The average molecular weight is 328 g/mol. The van der Waals surface area contributed by atoms with E-state index in [0.29, 0.717) is 17.3 Å². The minimum atomic E-state index is -0.116. The Bertz CT molecular complexity index is 675. The van der Waals surface area contributed by atoms with Gasteiger partial charge in [-0.1, -0.05) is 30.1 Å². The summed E-state index contributed by atoms with van der Waals surface area (Å²) in [4.78, 5) is 18.9. The van der Waals surface area contributed by atoms with E-state index in [1.807, 2.05) is 18.2 Å². The van der Waals surface area contributed by atoms with Crippen molar-refractivity contribution in [1.82, 2.24) is 20.4 Å². The van der Waals surface area contributed by atoms with Gasteiger partial charge < -0.3 is 9.84 Å². The molecule has 1 aromatic heterocycles. The van der Waals surface area contributed by atoms with Gasteiger partial charge in [-0.25, -0.2) is 0 Å². The Balaban J connectivity index is 1.58. The van der Waals surface area contributed by atoms with E-state index in [-0.39, 0.29) is 12.5 Å². The minimum Gasteiger partial charge on any atom is -0.345 e. The summed E-state index contributed by atoms with van der Waals surface area (Å²) in [5.41, 5.74) is 1.85. The summed E-state index contributed by atoms with van der Waals surface area (Å²) in [6.45, 7) is 5.20. The second-order valence-corrected chi connectivity index (χ2v) is 6.30. The number of likely N-dealkylation sites (tertiary alicyclic amines) is 1. The molecule has 0 spiro atoms. The van der Waals surface area contributed by atoms with Gasteiger partial charge in [0, 0.05) is 19.0 Å². The van der Waals surface area contributed by atoms with Crippen LogP contribution in [0.4, 0.5) is 0 Å². The first kappa shape index (κ1) is 16.6. The van der Waals surface area contributed by atoms with Crippen molar-refractivity contribution in [3.63, 3.8) is 0 Å². The van der Waals surface area contributed by atoms with Gasteiger partial charge in [0.1, 0.15) is 0 Å². The lowest BCUT2D eigenvalue weighted by molar-refractivity contribution is 0.0949. The molecule has 0 saturated carbocycles. The molecule has 0 radical (unpaired) electrons. The SMILES string of the molecule is Cc1nc(CNC(=O)c2cccc(CN3CCCCCC3)c2)no1. The van der Waals surface area contributed by atoms with Crippen molar-refractivity contribution in [2.75, 3.05) is 13.1 Å². The topological polar surface area (TPSA) is 71.3 Å². The highest BCUT2D eigenvalue weighted by molar-refractivity contribution is 5.94. The standard InChI is InChI=1S/C18H24N4O2/c1-14-20-17(21-24-14)12-19-18(23)16-8-6-7-15(11-16)13-22-9-4-2-3-5-10-22/h6-8,11H,2-5,9-10,12-13H2,1H3,(H,19,23). The van der Waals surface area contributed by atoms with Crippen LogP contribution in [0.25, 0.3) is 0 Å². The molecule has 0 atom stereocenters. The molecule has 0 aliphatic carbocycles. The number of carbonyl (C=O) groups is 1. The van der Waals surface area contributed by atoms with Crippen molar-refractivity contribution >= 4 is 5.91 Å². The van der Waals surface area contributed by atoms with Crippen LogP contribution >= 0.6 is 0 Å². The number of nitrogens with one attached hydrogen (secondary N) is 1. The molecule has 3 rings (SSSR count). The summed E-state index contributed by atoms with van der Waals surface area (Å²) >= 11 is 0. The lowest BCUT2D eigenvalue weighted by Gasteiger charge is -2.20. The maximum absolute atomic E-state index is 12.3. The molecule has 1 saturated heterocycles. The lowest BCUT2D eigenvalue weighted by Crippen LogP contribution is -2.25. The molecule has 1 aliphatic rings. The van der Waals surface area contributed by atoms with Crippen LogP contribution < -0.4 is 5.32 Å². The van der Waals surface area contributed by atoms with Gasteiger partial charge >= 0.3 is 0 Å². The van der Waals surface area contributed by atoms with Crippen LogP contribution in [0.15, 0.2) is 28.8 Å². The fourth-order valence-corrected chi connectivity index (χ4v) is 3.04. The Kier molecular flexibility index (Phi) is 5.59. The average Bonchev–Trinajstić information content (AvgIpc) is 2.84. The molecule has 1 aliphatic heterocycles. The number of rotatable bonds is 5. The molecular weight excluding hydrogens is 304 g/mol.